The molecule has 3 rings (SSSR count). The standard InChI is InChI=1S/C23H33N3O2/c1-16-11-17(2)14-26(13-16)15-21-7-5-20(6-8-21)12-24-23(27)10-9-22-18(3)25-28-19(22)4/h5-8,16-17H,9-15H2,1-4H3,(H,24,27)/t16-,17+. The lowest BCUT2D eigenvalue weighted by atomic mass is 9.91. The summed E-state index contributed by atoms with van der Waals surface area (Å²) in [4.78, 5) is 14.7. The maximum Gasteiger partial charge on any atom is 0.220 e. The molecule has 1 aliphatic heterocycles. The fraction of sp³-hybridized carbons (Fsp3) is 0.565. The number of hydrogen-bond acceptors (Lipinski definition) is 4. The summed E-state index contributed by atoms with van der Waals surface area (Å²) in [5, 5.41) is 6.95. The molecule has 1 saturated heterocycles. The molecular weight excluding hydrogens is 350 g/mol. The Morgan fingerprint density at radius 2 is 1.79 bits per heavy atom. The van der Waals surface area contributed by atoms with Gasteiger partial charge in [-0.3, -0.25) is 9.69 Å². The molecule has 0 spiro atoms. The first-order valence-corrected chi connectivity index (χ1v) is 10.4. The molecule has 5 heteroatoms. The number of benzene rings is 1. The fourth-order valence-corrected chi connectivity index (χ4v) is 4.33. The monoisotopic (exact) mass is 383 g/mol. The van der Waals surface area contributed by atoms with Crippen LogP contribution in [-0.4, -0.2) is 29.1 Å². The van der Waals surface area contributed by atoms with Crippen molar-refractivity contribution < 1.29 is 9.32 Å². The zero-order valence-electron chi connectivity index (χ0n) is 17.6. The molecule has 5 nitrogen and oxygen atoms in total. The number of hydrogen-bond donors (Lipinski definition) is 1. The molecule has 1 fully saturated rings. The Hall–Kier alpha value is -2.14. The third-order valence-corrected chi connectivity index (χ3v) is 5.65. The summed E-state index contributed by atoms with van der Waals surface area (Å²) >= 11 is 0. The van der Waals surface area contributed by atoms with E-state index in [1.165, 1.54) is 25.1 Å². The molecule has 0 radical (unpaired) electrons. The number of likely N-dealkylation sites (tertiary alicyclic amines) is 1. The summed E-state index contributed by atoms with van der Waals surface area (Å²) in [5.41, 5.74) is 4.39. The van der Waals surface area contributed by atoms with Crippen molar-refractivity contribution >= 4 is 5.91 Å². The van der Waals surface area contributed by atoms with Crippen LogP contribution in [-0.2, 0) is 24.3 Å². The highest BCUT2D eigenvalue weighted by molar-refractivity contribution is 5.76. The Bertz CT molecular complexity index is 752. The van der Waals surface area contributed by atoms with E-state index in [2.05, 4.69) is 53.5 Å². The first-order valence-electron chi connectivity index (χ1n) is 10.4. The van der Waals surface area contributed by atoms with Crippen LogP contribution in [0.2, 0.25) is 0 Å². The average Bonchev–Trinajstić information content (AvgIpc) is 2.96. The number of carbonyl (C=O) groups excluding carboxylic acids is 1. The van der Waals surface area contributed by atoms with Crippen molar-refractivity contribution in [3.8, 4) is 0 Å². The van der Waals surface area contributed by atoms with Crippen LogP contribution in [0.1, 0.15) is 54.8 Å². The fourth-order valence-electron chi connectivity index (χ4n) is 4.33. The van der Waals surface area contributed by atoms with E-state index in [4.69, 9.17) is 4.52 Å². The van der Waals surface area contributed by atoms with Gasteiger partial charge in [0.2, 0.25) is 5.91 Å². The topological polar surface area (TPSA) is 58.4 Å². The highest BCUT2D eigenvalue weighted by Gasteiger charge is 2.21. The Balaban J connectivity index is 1.43. The Labute approximate surface area is 168 Å². The summed E-state index contributed by atoms with van der Waals surface area (Å²) in [5.74, 6) is 2.42. The smallest absolute Gasteiger partial charge is 0.220 e. The van der Waals surface area contributed by atoms with Crippen molar-refractivity contribution in [1.29, 1.82) is 0 Å². The Morgan fingerprint density at radius 1 is 1.14 bits per heavy atom. The van der Waals surface area contributed by atoms with Crippen molar-refractivity contribution in [3.05, 3.63) is 52.4 Å². The van der Waals surface area contributed by atoms with E-state index in [9.17, 15) is 4.79 Å². The predicted molar refractivity (Wildman–Crippen MR) is 111 cm³/mol. The van der Waals surface area contributed by atoms with Crippen LogP contribution in [0.25, 0.3) is 0 Å². The highest BCUT2D eigenvalue weighted by Crippen LogP contribution is 2.22. The summed E-state index contributed by atoms with van der Waals surface area (Å²) < 4.78 is 5.15. The van der Waals surface area contributed by atoms with Gasteiger partial charge in [0, 0.05) is 38.2 Å². The number of nitrogens with zero attached hydrogens (tertiary/aromatic N) is 2. The van der Waals surface area contributed by atoms with Crippen LogP contribution < -0.4 is 5.32 Å². The lowest BCUT2D eigenvalue weighted by molar-refractivity contribution is -0.121. The normalized spacial score (nSPS) is 20.3. The molecule has 0 aliphatic carbocycles. The number of piperidine rings is 1. The second-order valence-corrected chi connectivity index (χ2v) is 8.54. The van der Waals surface area contributed by atoms with Crippen LogP contribution in [0.15, 0.2) is 28.8 Å². The Kier molecular flexibility index (Phi) is 6.89. The van der Waals surface area contributed by atoms with Crippen LogP contribution in [0.5, 0.6) is 0 Å². The van der Waals surface area contributed by atoms with Crippen molar-refractivity contribution in [3.63, 3.8) is 0 Å². The van der Waals surface area contributed by atoms with E-state index < -0.39 is 0 Å². The molecule has 1 N–H and O–H groups in total. The van der Waals surface area contributed by atoms with E-state index in [1.54, 1.807) is 0 Å². The van der Waals surface area contributed by atoms with Crippen LogP contribution in [0.4, 0.5) is 0 Å². The van der Waals surface area contributed by atoms with Gasteiger partial charge >= 0.3 is 0 Å². The van der Waals surface area contributed by atoms with Gasteiger partial charge in [0.15, 0.2) is 0 Å². The summed E-state index contributed by atoms with van der Waals surface area (Å²) in [6.07, 6.45) is 2.45. The molecule has 0 unspecified atom stereocenters. The molecule has 1 aromatic heterocycles. The van der Waals surface area contributed by atoms with E-state index in [0.717, 1.165) is 41.0 Å². The van der Waals surface area contributed by atoms with Crippen LogP contribution >= 0.6 is 0 Å². The molecule has 0 saturated carbocycles. The lowest BCUT2D eigenvalue weighted by Gasteiger charge is -2.35. The maximum absolute atomic E-state index is 12.2. The van der Waals surface area contributed by atoms with Crippen molar-refractivity contribution in [2.24, 2.45) is 11.8 Å². The van der Waals surface area contributed by atoms with Crippen molar-refractivity contribution in [2.75, 3.05) is 13.1 Å². The molecule has 2 atom stereocenters. The van der Waals surface area contributed by atoms with Gasteiger partial charge in [-0.25, -0.2) is 0 Å². The third kappa shape index (κ3) is 5.68. The van der Waals surface area contributed by atoms with Crippen molar-refractivity contribution in [1.82, 2.24) is 15.4 Å². The van der Waals surface area contributed by atoms with Gasteiger partial charge in [-0.1, -0.05) is 43.3 Å². The maximum atomic E-state index is 12.2. The minimum atomic E-state index is 0.0559. The van der Waals surface area contributed by atoms with Gasteiger partial charge in [0.25, 0.3) is 0 Å². The number of aryl methyl sites for hydroxylation is 2. The molecule has 1 aromatic carbocycles. The molecule has 152 valence electrons. The predicted octanol–water partition coefficient (Wildman–Crippen LogP) is 4.02. The number of amides is 1. The largest absolute Gasteiger partial charge is 0.361 e. The zero-order valence-corrected chi connectivity index (χ0v) is 17.6. The molecule has 0 bridgehead atoms. The number of rotatable bonds is 7. The van der Waals surface area contributed by atoms with E-state index in [-0.39, 0.29) is 5.91 Å². The number of aromatic nitrogens is 1. The number of carbonyl (C=O) groups is 1. The van der Waals surface area contributed by atoms with Crippen LogP contribution in [0.3, 0.4) is 0 Å². The molecule has 1 aliphatic rings. The summed E-state index contributed by atoms with van der Waals surface area (Å²) in [6.45, 7) is 12.5. The molecular formula is C23H33N3O2. The summed E-state index contributed by atoms with van der Waals surface area (Å²) in [7, 11) is 0. The first kappa shape index (κ1) is 20.6. The minimum Gasteiger partial charge on any atom is -0.361 e. The summed E-state index contributed by atoms with van der Waals surface area (Å²) in [6, 6.07) is 8.63. The minimum absolute atomic E-state index is 0.0559. The number of nitrogens with one attached hydrogen (secondary N) is 1. The molecule has 2 heterocycles. The zero-order chi connectivity index (χ0) is 20.1. The quantitative estimate of drug-likeness (QED) is 0.785. The molecule has 28 heavy (non-hydrogen) atoms. The van der Waals surface area contributed by atoms with Gasteiger partial charge in [-0.2, -0.15) is 0 Å². The third-order valence-electron chi connectivity index (χ3n) is 5.65. The second-order valence-electron chi connectivity index (χ2n) is 8.54. The molecule has 2 aromatic rings. The SMILES string of the molecule is Cc1noc(C)c1CCC(=O)NCc1ccc(CN2C[C@H](C)C[C@H](C)C2)cc1. The van der Waals surface area contributed by atoms with Gasteiger partial charge in [0.05, 0.1) is 5.69 Å². The van der Waals surface area contributed by atoms with E-state index in [0.29, 0.717) is 19.4 Å². The highest BCUT2D eigenvalue weighted by atomic mass is 16.5. The average molecular weight is 384 g/mol. The van der Waals surface area contributed by atoms with Crippen molar-refractivity contribution in [2.45, 2.75) is 60.0 Å². The molecule has 1 amide bonds. The van der Waals surface area contributed by atoms with Crippen LogP contribution in [0, 0.1) is 25.7 Å². The second kappa shape index (κ2) is 9.37. The first-order chi connectivity index (χ1) is 13.4. The van der Waals surface area contributed by atoms with Gasteiger partial charge in [-0.15, -0.1) is 0 Å². The lowest BCUT2D eigenvalue weighted by Crippen LogP contribution is -2.38. The van der Waals surface area contributed by atoms with E-state index >= 15 is 0 Å². The Morgan fingerprint density at radius 3 is 2.39 bits per heavy atom. The van der Waals surface area contributed by atoms with Gasteiger partial charge in [0.1, 0.15) is 5.76 Å². The van der Waals surface area contributed by atoms with Gasteiger partial charge in [-0.05, 0) is 49.7 Å². The van der Waals surface area contributed by atoms with E-state index in [1.807, 2.05) is 13.8 Å². The van der Waals surface area contributed by atoms with Gasteiger partial charge < -0.3 is 9.84 Å².